The first kappa shape index (κ1) is 14.5. The predicted molar refractivity (Wildman–Crippen MR) is 66.4 cm³/mol. The zero-order valence-corrected chi connectivity index (χ0v) is 10.7. The summed E-state index contributed by atoms with van der Waals surface area (Å²) in [6.45, 7) is 1.43. The molecular formula is C15H12F4O. The van der Waals surface area contributed by atoms with Crippen LogP contribution in [0.5, 0.6) is 0 Å². The molecule has 0 saturated heterocycles. The van der Waals surface area contributed by atoms with Gasteiger partial charge in [-0.15, -0.1) is 0 Å². The molecule has 1 aromatic rings. The number of carbonyl (C=O) groups excluding carboxylic acids is 1. The average Bonchev–Trinajstić information content (AvgIpc) is 2.37. The molecule has 0 spiro atoms. The predicted octanol–water partition coefficient (Wildman–Crippen LogP) is 3.84. The fraction of sp³-hybridized carbons (Fsp3) is 0.267. The molecule has 5 heteroatoms. The molecule has 1 nitrogen and oxygen atoms in total. The van der Waals surface area contributed by atoms with Gasteiger partial charge in [-0.3, -0.25) is 4.79 Å². The number of Topliss-reactive ketones (excluding diaryl/α,β-unsaturated/α-hetero) is 1. The van der Waals surface area contributed by atoms with Crippen molar-refractivity contribution >= 4 is 5.78 Å². The molecule has 1 aliphatic carbocycles. The molecule has 0 fully saturated rings. The molecule has 0 bridgehead atoms. The molecule has 1 aliphatic rings. The molecule has 0 radical (unpaired) electrons. The van der Waals surface area contributed by atoms with E-state index in [0.717, 1.165) is 18.2 Å². The zero-order chi connectivity index (χ0) is 14.9. The number of allylic oxidation sites excluding steroid dienone is 4. The second-order valence-corrected chi connectivity index (χ2v) is 4.78. The number of hydrogen-bond donors (Lipinski definition) is 0. The van der Waals surface area contributed by atoms with E-state index in [0.29, 0.717) is 12.1 Å². The van der Waals surface area contributed by atoms with Gasteiger partial charge in [0.2, 0.25) is 0 Å². The van der Waals surface area contributed by atoms with E-state index in [-0.39, 0.29) is 5.56 Å². The first-order valence-electron chi connectivity index (χ1n) is 6.05. The van der Waals surface area contributed by atoms with Crippen LogP contribution in [0.4, 0.5) is 17.6 Å². The Hall–Kier alpha value is -1.91. The quantitative estimate of drug-likeness (QED) is 0.771. The van der Waals surface area contributed by atoms with Gasteiger partial charge >= 0.3 is 0 Å². The lowest BCUT2D eigenvalue weighted by molar-refractivity contribution is -0.129. The van der Waals surface area contributed by atoms with Gasteiger partial charge in [-0.25, -0.2) is 17.6 Å². The maximum Gasteiger partial charge on any atom is 0.196 e. The van der Waals surface area contributed by atoms with Crippen LogP contribution >= 0.6 is 0 Å². The fourth-order valence-electron chi connectivity index (χ4n) is 2.06. The van der Waals surface area contributed by atoms with Crippen LogP contribution < -0.4 is 0 Å². The van der Waals surface area contributed by atoms with Crippen molar-refractivity contribution in [3.8, 4) is 0 Å². The fourth-order valence-corrected chi connectivity index (χ4v) is 2.06. The minimum atomic E-state index is -2.51. The number of rotatable bonds is 3. The second-order valence-electron chi connectivity index (χ2n) is 4.78. The van der Waals surface area contributed by atoms with Crippen LogP contribution in [0.2, 0.25) is 0 Å². The molecule has 1 aromatic carbocycles. The van der Waals surface area contributed by atoms with Crippen molar-refractivity contribution in [3.63, 3.8) is 0 Å². The first-order chi connectivity index (χ1) is 9.33. The SMILES string of the molecule is CC1C=CC(F)=CC1(F)C(=O)Cc1ccc(F)cc1F. The highest BCUT2D eigenvalue weighted by Gasteiger charge is 2.42. The number of ketones is 1. The summed E-state index contributed by atoms with van der Waals surface area (Å²) in [5, 5.41) is 0. The van der Waals surface area contributed by atoms with Crippen LogP contribution in [0.15, 0.2) is 42.3 Å². The number of alkyl halides is 1. The van der Waals surface area contributed by atoms with Gasteiger partial charge in [-0.05, 0) is 23.8 Å². The molecular weight excluding hydrogens is 272 g/mol. The monoisotopic (exact) mass is 284 g/mol. The van der Waals surface area contributed by atoms with E-state index in [2.05, 4.69) is 0 Å². The van der Waals surface area contributed by atoms with Crippen molar-refractivity contribution in [2.75, 3.05) is 0 Å². The first-order valence-corrected chi connectivity index (χ1v) is 6.05. The maximum atomic E-state index is 14.6. The van der Waals surface area contributed by atoms with Gasteiger partial charge in [0.15, 0.2) is 11.5 Å². The molecule has 106 valence electrons. The number of halogens is 4. The lowest BCUT2D eigenvalue weighted by atomic mass is 9.81. The summed E-state index contributed by atoms with van der Waals surface area (Å²) in [6.07, 6.45) is 2.36. The summed E-state index contributed by atoms with van der Waals surface area (Å²) in [4.78, 5) is 12.0. The van der Waals surface area contributed by atoms with Gasteiger partial charge in [0.1, 0.15) is 17.5 Å². The Labute approximate surface area is 113 Å². The van der Waals surface area contributed by atoms with Gasteiger partial charge < -0.3 is 0 Å². The third-order valence-electron chi connectivity index (χ3n) is 3.35. The van der Waals surface area contributed by atoms with E-state index in [1.807, 2.05) is 0 Å². The Morgan fingerprint density at radius 3 is 2.65 bits per heavy atom. The Kier molecular flexibility index (Phi) is 3.79. The van der Waals surface area contributed by atoms with Gasteiger partial charge in [0.25, 0.3) is 0 Å². The molecule has 0 aromatic heterocycles. The summed E-state index contributed by atoms with van der Waals surface area (Å²) >= 11 is 0. The van der Waals surface area contributed by atoms with Crippen molar-refractivity contribution in [1.82, 2.24) is 0 Å². The van der Waals surface area contributed by atoms with E-state index in [1.165, 1.54) is 13.0 Å². The lowest BCUT2D eigenvalue weighted by Crippen LogP contribution is -2.40. The zero-order valence-electron chi connectivity index (χ0n) is 10.7. The van der Waals surface area contributed by atoms with Crippen molar-refractivity contribution in [1.29, 1.82) is 0 Å². The molecule has 0 aliphatic heterocycles. The molecule has 2 atom stereocenters. The van der Waals surface area contributed by atoms with Gasteiger partial charge in [0, 0.05) is 18.4 Å². The Morgan fingerprint density at radius 2 is 2.00 bits per heavy atom. The minimum absolute atomic E-state index is 0.121. The van der Waals surface area contributed by atoms with E-state index in [9.17, 15) is 22.4 Å². The van der Waals surface area contributed by atoms with Crippen molar-refractivity contribution in [3.05, 3.63) is 59.5 Å². The maximum absolute atomic E-state index is 14.6. The summed E-state index contributed by atoms with van der Waals surface area (Å²) < 4.78 is 54.0. The highest BCUT2D eigenvalue weighted by Crippen LogP contribution is 2.33. The molecule has 0 N–H and O–H groups in total. The van der Waals surface area contributed by atoms with Gasteiger partial charge in [-0.2, -0.15) is 0 Å². The average molecular weight is 284 g/mol. The van der Waals surface area contributed by atoms with Crippen molar-refractivity contribution in [2.45, 2.75) is 19.0 Å². The van der Waals surface area contributed by atoms with Crippen molar-refractivity contribution < 1.29 is 22.4 Å². The Balaban J connectivity index is 2.26. The van der Waals surface area contributed by atoms with Crippen LogP contribution in [0.25, 0.3) is 0 Å². The molecule has 2 rings (SSSR count). The molecule has 0 amide bonds. The van der Waals surface area contributed by atoms with Crippen LogP contribution in [0.3, 0.4) is 0 Å². The Bertz CT molecular complexity index is 606. The number of carbonyl (C=O) groups is 1. The normalized spacial score (nSPS) is 25.4. The molecule has 2 unspecified atom stereocenters. The standard InChI is InChI=1S/C15H12F4O/c1-9-2-4-12(17)8-15(9,19)14(20)6-10-3-5-11(16)7-13(10)18/h2-5,7-9H,6H2,1H3. The van der Waals surface area contributed by atoms with E-state index < -0.39 is 41.3 Å². The smallest absolute Gasteiger partial charge is 0.196 e. The minimum Gasteiger partial charge on any atom is -0.295 e. The second kappa shape index (κ2) is 5.23. The number of hydrogen-bond acceptors (Lipinski definition) is 1. The third-order valence-corrected chi connectivity index (χ3v) is 3.35. The van der Waals surface area contributed by atoms with Crippen LogP contribution in [0.1, 0.15) is 12.5 Å². The third kappa shape index (κ3) is 2.66. The molecule has 0 heterocycles. The van der Waals surface area contributed by atoms with Gasteiger partial charge in [0.05, 0.1) is 0 Å². The lowest BCUT2D eigenvalue weighted by Gasteiger charge is -2.27. The summed E-state index contributed by atoms with van der Waals surface area (Å²) in [5.74, 6) is -4.37. The summed E-state index contributed by atoms with van der Waals surface area (Å²) in [6, 6.07) is 2.68. The van der Waals surface area contributed by atoms with E-state index in [4.69, 9.17) is 0 Å². The van der Waals surface area contributed by atoms with Crippen molar-refractivity contribution in [2.24, 2.45) is 5.92 Å². The van der Waals surface area contributed by atoms with E-state index >= 15 is 0 Å². The van der Waals surface area contributed by atoms with Crippen LogP contribution in [0, 0.1) is 17.6 Å². The topological polar surface area (TPSA) is 17.1 Å². The van der Waals surface area contributed by atoms with Gasteiger partial charge in [-0.1, -0.05) is 19.1 Å². The highest BCUT2D eigenvalue weighted by molar-refractivity contribution is 5.92. The van der Waals surface area contributed by atoms with Crippen LogP contribution in [-0.4, -0.2) is 11.5 Å². The molecule has 0 saturated carbocycles. The molecule has 20 heavy (non-hydrogen) atoms. The highest BCUT2D eigenvalue weighted by atomic mass is 19.2. The Morgan fingerprint density at radius 1 is 1.30 bits per heavy atom. The number of benzene rings is 1. The van der Waals surface area contributed by atoms with E-state index in [1.54, 1.807) is 0 Å². The summed E-state index contributed by atoms with van der Waals surface area (Å²) in [5.41, 5.74) is -2.64. The summed E-state index contributed by atoms with van der Waals surface area (Å²) in [7, 11) is 0. The van der Waals surface area contributed by atoms with Crippen LogP contribution in [-0.2, 0) is 11.2 Å². The largest absolute Gasteiger partial charge is 0.295 e.